The van der Waals surface area contributed by atoms with Crippen LogP contribution in [0.15, 0.2) is 24.3 Å². The van der Waals surface area contributed by atoms with E-state index in [0.717, 1.165) is 37.2 Å². The Morgan fingerprint density at radius 1 is 1.17 bits per heavy atom. The molecule has 1 aromatic rings. The van der Waals surface area contributed by atoms with Crippen molar-refractivity contribution in [1.82, 2.24) is 9.80 Å². The highest BCUT2D eigenvalue weighted by molar-refractivity contribution is 5.80. The summed E-state index contributed by atoms with van der Waals surface area (Å²) in [6, 6.07) is 7.85. The molecule has 0 N–H and O–H groups in total. The number of nitrogens with zero attached hydrogens (tertiary/aromatic N) is 2. The molecule has 0 aliphatic carbocycles. The first kappa shape index (κ1) is 22.7. The molecule has 7 heteroatoms. The molecule has 2 aliphatic heterocycles. The summed E-state index contributed by atoms with van der Waals surface area (Å²) >= 11 is 0. The van der Waals surface area contributed by atoms with E-state index >= 15 is 0 Å². The van der Waals surface area contributed by atoms with Crippen LogP contribution in [-0.4, -0.2) is 80.3 Å². The van der Waals surface area contributed by atoms with E-state index in [1.54, 1.807) is 14.0 Å². The average molecular weight is 419 g/mol. The van der Waals surface area contributed by atoms with Gasteiger partial charge in [-0.05, 0) is 43.4 Å². The third-order valence-corrected chi connectivity index (χ3v) is 5.89. The molecule has 30 heavy (non-hydrogen) atoms. The highest BCUT2D eigenvalue weighted by Gasteiger charge is 2.30. The first-order valence-corrected chi connectivity index (χ1v) is 10.9. The van der Waals surface area contributed by atoms with E-state index in [1.807, 2.05) is 29.2 Å². The standard InChI is InChI=1S/C23H34N2O5/c1-18(26)24-12-13-25(20(15-24)17-30-23-5-3-4-14-29-23)16-21(27)9-6-19-7-10-22(28-2)11-8-19/h7-8,10-11,20,23H,3-6,9,12-17H2,1-2H3. The zero-order valence-electron chi connectivity index (χ0n) is 18.2. The van der Waals surface area contributed by atoms with Gasteiger partial charge in [0.25, 0.3) is 0 Å². The lowest BCUT2D eigenvalue weighted by Gasteiger charge is -2.41. The van der Waals surface area contributed by atoms with Crippen LogP contribution < -0.4 is 4.74 Å². The zero-order valence-corrected chi connectivity index (χ0v) is 18.2. The van der Waals surface area contributed by atoms with Crippen molar-refractivity contribution in [2.75, 3.05) is 46.5 Å². The van der Waals surface area contributed by atoms with Crippen LogP contribution in [0.3, 0.4) is 0 Å². The second-order valence-corrected chi connectivity index (χ2v) is 8.11. The fourth-order valence-corrected chi connectivity index (χ4v) is 3.99. The molecule has 3 rings (SSSR count). The number of aryl methyl sites for hydroxylation is 1. The molecule has 0 spiro atoms. The van der Waals surface area contributed by atoms with Gasteiger partial charge >= 0.3 is 0 Å². The highest BCUT2D eigenvalue weighted by Crippen LogP contribution is 2.18. The molecule has 166 valence electrons. The number of carbonyl (C=O) groups excluding carboxylic acids is 2. The quantitative estimate of drug-likeness (QED) is 0.613. The summed E-state index contributed by atoms with van der Waals surface area (Å²) in [5.74, 6) is 1.10. The minimum atomic E-state index is -0.168. The predicted octanol–water partition coefficient (Wildman–Crippen LogP) is 2.27. The largest absolute Gasteiger partial charge is 0.497 e. The third-order valence-electron chi connectivity index (χ3n) is 5.89. The molecule has 2 fully saturated rings. The first-order chi connectivity index (χ1) is 14.5. The highest BCUT2D eigenvalue weighted by atomic mass is 16.7. The molecule has 7 nitrogen and oxygen atoms in total. The Kier molecular flexibility index (Phi) is 8.66. The summed E-state index contributed by atoms with van der Waals surface area (Å²) < 4.78 is 16.8. The van der Waals surface area contributed by atoms with Crippen LogP contribution in [0.25, 0.3) is 0 Å². The molecule has 2 unspecified atom stereocenters. The van der Waals surface area contributed by atoms with E-state index in [1.165, 1.54) is 0 Å². The van der Waals surface area contributed by atoms with Crippen molar-refractivity contribution < 1.29 is 23.8 Å². The Hall–Kier alpha value is -1.96. The van der Waals surface area contributed by atoms with Crippen LogP contribution in [0.5, 0.6) is 5.75 Å². The molecule has 1 amide bonds. The maximum Gasteiger partial charge on any atom is 0.219 e. The van der Waals surface area contributed by atoms with Gasteiger partial charge in [0, 0.05) is 39.6 Å². The topological polar surface area (TPSA) is 68.3 Å². The van der Waals surface area contributed by atoms with Crippen molar-refractivity contribution in [3.63, 3.8) is 0 Å². The lowest BCUT2D eigenvalue weighted by Crippen LogP contribution is -2.57. The average Bonchev–Trinajstić information content (AvgIpc) is 2.78. The Labute approximate surface area is 179 Å². The van der Waals surface area contributed by atoms with Crippen molar-refractivity contribution in [1.29, 1.82) is 0 Å². The van der Waals surface area contributed by atoms with Gasteiger partial charge in [-0.3, -0.25) is 14.5 Å². The third kappa shape index (κ3) is 6.79. The summed E-state index contributed by atoms with van der Waals surface area (Å²) in [6.45, 7) is 5.13. The number of piperazine rings is 1. The van der Waals surface area contributed by atoms with Crippen LogP contribution in [0, 0.1) is 0 Å². The molecule has 2 saturated heterocycles. The van der Waals surface area contributed by atoms with E-state index in [-0.39, 0.29) is 24.0 Å². The maximum atomic E-state index is 12.7. The van der Waals surface area contributed by atoms with Gasteiger partial charge in [0.05, 0.1) is 26.3 Å². The van der Waals surface area contributed by atoms with Gasteiger partial charge in [-0.2, -0.15) is 0 Å². The van der Waals surface area contributed by atoms with Gasteiger partial charge in [-0.15, -0.1) is 0 Å². The number of Topliss-reactive ketones (excluding diaryl/α,β-unsaturated/α-hetero) is 1. The number of hydrogen-bond donors (Lipinski definition) is 0. The Morgan fingerprint density at radius 2 is 1.97 bits per heavy atom. The van der Waals surface area contributed by atoms with Gasteiger partial charge in [-0.1, -0.05) is 12.1 Å². The number of rotatable bonds is 9. The summed E-state index contributed by atoms with van der Waals surface area (Å²) in [5.41, 5.74) is 1.12. The number of benzene rings is 1. The number of ketones is 1. The Balaban J connectivity index is 1.50. The fraction of sp³-hybridized carbons (Fsp3) is 0.652. The minimum absolute atomic E-state index is 0.0121. The van der Waals surface area contributed by atoms with Crippen molar-refractivity contribution in [2.45, 2.75) is 51.4 Å². The van der Waals surface area contributed by atoms with Gasteiger partial charge in [0.15, 0.2) is 6.29 Å². The van der Waals surface area contributed by atoms with Crippen molar-refractivity contribution >= 4 is 11.7 Å². The lowest BCUT2D eigenvalue weighted by atomic mass is 10.1. The summed E-state index contributed by atoms with van der Waals surface area (Å²) in [6.07, 6.45) is 4.15. The van der Waals surface area contributed by atoms with Gasteiger partial charge in [-0.25, -0.2) is 0 Å². The smallest absolute Gasteiger partial charge is 0.219 e. The van der Waals surface area contributed by atoms with Crippen LogP contribution in [0.1, 0.15) is 38.2 Å². The molecule has 0 bridgehead atoms. The number of methoxy groups -OCH3 is 1. The molecular weight excluding hydrogens is 384 g/mol. The molecule has 2 atom stereocenters. The minimum Gasteiger partial charge on any atom is -0.497 e. The van der Waals surface area contributed by atoms with E-state index in [4.69, 9.17) is 14.2 Å². The fourth-order valence-electron chi connectivity index (χ4n) is 3.99. The SMILES string of the molecule is COc1ccc(CCC(=O)CN2CCN(C(C)=O)CC2COC2CCCCO2)cc1. The van der Waals surface area contributed by atoms with Crippen molar-refractivity contribution in [3.8, 4) is 5.75 Å². The van der Waals surface area contributed by atoms with Crippen LogP contribution in [0.4, 0.5) is 0 Å². The van der Waals surface area contributed by atoms with Crippen LogP contribution in [0.2, 0.25) is 0 Å². The van der Waals surface area contributed by atoms with Gasteiger partial charge in [0.2, 0.25) is 5.91 Å². The second-order valence-electron chi connectivity index (χ2n) is 8.11. The van der Waals surface area contributed by atoms with E-state index in [0.29, 0.717) is 45.6 Å². The summed E-state index contributed by atoms with van der Waals surface area (Å²) in [4.78, 5) is 28.5. The Morgan fingerprint density at radius 3 is 2.63 bits per heavy atom. The van der Waals surface area contributed by atoms with Crippen molar-refractivity contribution in [2.24, 2.45) is 0 Å². The number of ether oxygens (including phenoxy) is 3. The van der Waals surface area contributed by atoms with E-state index in [9.17, 15) is 9.59 Å². The molecule has 1 aromatic carbocycles. The first-order valence-electron chi connectivity index (χ1n) is 10.9. The normalized spacial score (nSPS) is 22.7. The molecular formula is C23H34N2O5. The van der Waals surface area contributed by atoms with Gasteiger partial charge < -0.3 is 19.1 Å². The number of hydrogen-bond acceptors (Lipinski definition) is 6. The molecule has 0 aromatic heterocycles. The summed E-state index contributed by atoms with van der Waals surface area (Å²) in [7, 11) is 1.64. The van der Waals surface area contributed by atoms with Crippen LogP contribution in [-0.2, 0) is 25.5 Å². The predicted molar refractivity (Wildman–Crippen MR) is 113 cm³/mol. The summed E-state index contributed by atoms with van der Waals surface area (Å²) in [5, 5.41) is 0. The molecule has 0 radical (unpaired) electrons. The maximum absolute atomic E-state index is 12.7. The lowest BCUT2D eigenvalue weighted by molar-refractivity contribution is -0.174. The second kappa shape index (κ2) is 11.4. The number of carbonyl (C=O) groups is 2. The molecule has 2 aliphatic rings. The van der Waals surface area contributed by atoms with Crippen molar-refractivity contribution in [3.05, 3.63) is 29.8 Å². The molecule has 0 saturated carbocycles. The monoisotopic (exact) mass is 418 g/mol. The zero-order chi connectivity index (χ0) is 21.3. The van der Waals surface area contributed by atoms with E-state index in [2.05, 4.69) is 4.90 Å². The number of amides is 1. The Bertz CT molecular complexity index is 687. The van der Waals surface area contributed by atoms with E-state index < -0.39 is 0 Å². The van der Waals surface area contributed by atoms with Crippen LogP contribution >= 0.6 is 0 Å². The van der Waals surface area contributed by atoms with Gasteiger partial charge in [0.1, 0.15) is 11.5 Å². The molecule has 2 heterocycles.